The maximum Gasteiger partial charge on any atom is 0.337 e. The van der Waals surface area contributed by atoms with Gasteiger partial charge >= 0.3 is 5.97 Å². The van der Waals surface area contributed by atoms with Crippen LogP contribution in [0.3, 0.4) is 0 Å². The largest absolute Gasteiger partial charge is 0.369 e. The lowest BCUT2D eigenvalue weighted by atomic mass is 10.1. The monoisotopic (exact) mass is 274 g/mol. The summed E-state index contributed by atoms with van der Waals surface area (Å²) in [6, 6.07) is 6.18. The summed E-state index contributed by atoms with van der Waals surface area (Å²) in [5.41, 5.74) is 5.44. The number of nitrogens with zero attached hydrogens (tertiary/aromatic N) is 1. The molecule has 2 aliphatic rings. The average molecular weight is 274 g/mol. The third-order valence-electron chi connectivity index (χ3n) is 3.40. The van der Waals surface area contributed by atoms with E-state index in [9.17, 15) is 19.2 Å². The van der Waals surface area contributed by atoms with Crippen molar-refractivity contribution in [2.24, 2.45) is 17.6 Å². The number of hydroxylamine groups is 2. The van der Waals surface area contributed by atoms with E-state index in [1.807, 2.05) is 0 Å². The maximum atomic E-state index is 11.9. The second-order valence-corrected chi connectivity index (χ2v) is 4.71. The van der Waals surface area contributed by atoms with Crippen molar-refractivity contribution < 1.29 is 24.0 Å². The molecule has 102 valence electrons. The summed E-state index contributed by atoms with van der Waals surface area (Å²) in [4.78, 5) is 51.3. The van der Waals surface area contributed by atoms with Crippen LogP contribution in [0.5, 0.6) is 0 Å². The molecule has 1 aromatic carbocycles. The van der Waals surface area contributed by atoms with Crippen LogP contribution in [0.25, 0.3) is 0 Å². The molecule has 2 atom stereocenters. The van der Waals surface area contributed by atoms with Crippen LogP contribution in [0.2, 0.25) is 0 Å². The van der Waals surface area contributed by atoms with E-state index in [-0.39, 0.29) is 17.5 Å². The van der Waals surface area contributed by atoms with E-state index in [0.717, 1.165) is 0 Å². The van der Waals surface area contributed by atoms with Gasteiger partial charge in [0, 0.05) is 0 Å². The number of hydrogen-bond acceptors (Lipinski definition) is 5. The van der Waals surface area contributed by atoms with E-state index >= 15 is 0 Å². The van der Waals surface area contributed by atoms with Crippen LogP contribution >= 0.6 is 0 Å². The summed E-state index contributed by atoms with van der Waals surface area (Å²) in [6.45, 7) is 0. The number of carbonyl (C=O) groups excluding carboxylic acids is 4. The second kappa shape index (κ2) is 4.16. The number of rotatable bonds is 3. The molecule has 0 saturated heterocycles. The fraction of sp³-hybridized carbons (Fsp3) is 0.231. The van der Waals surface area contributed by atoms with Crippen LogP contribution in [-0.4, -0.2) is 28.8 Å². The van der Waals surface area contributed by atoms with E-state index in [1.165, 1.54) is 12.1 Å². The van der Waals surface area contributed by atoms with Crippen molar-refractivity contribution in [2.75, 3.05) is 0 Å². The second-order valence-electron chi connectivity index (χ2n) is 4.71. The van der Waals surface area contributed by atoms with E-state index < -0.39 is 35.5 Å². The van der Waals surface area contributed by atoms with Gasteiger partial charge in [-0.2, -0.15) is 0 Å². The highest BCUT2D eigenvalue weighted by Crippen LogP contribution is 2.39. The first-order valence-electron chi connectivity index (χ1n) is 5.99. The van der Waals surface area contributed by atoms with Gasteiger partial charge in [-0.25, -0.2) is 4.79 Å². The van der Waals surface area contributed by atoms with Gasteiger partial charge in [0.25, 0.3) is 11.8 Å². The van der Waals surface area contributed by atoms with Crippen molar-refractivity contribution >= 4 is 23.7 Å². The number of carbonyl (C=O) groups is 4. The molecule has 3 amide bonds. The van der Waals surface area contributed by atoms with E-state index in [0.29, 0.717) is 5.06 Å². The van der Waals surface area contributed by atoms with Crippen LogP contribution < -0.4 is 5.73 Å². The summed E-state index contributed by atoms with van der Waals surface area (Å²) in [5.74, 6) is -3.99. The first-order valence-corrected chi connectivity index (χ1v) is 5.99. The number of benzene rings is 1. The zero-order chi connectivity index (χ0) is 14.4. The smallest absolute Gasteiger partial charge is 0.337 e. The number of imide groups is 1. The van der Waals surface area contributed by atoms with Crippen LogP contribution in [0, 0.1) is 11.8 Å². The molecule has 0 radical (unpaired) electrons. The molecule has 1 heterocycles. The Kier molecular flexibility index (Phi) is 2.56. The molecule has 1 saturated carbocycles. The highest BCUT2D eigenvalue weighted by atomic mass is 16.7. The Morgan fingerprint density at radius 2 is 1.65 bits per heavy atom. The van der Waals surface area contributed by atoms with Crippen molar-refractivity contribution in [1.29, 1.82) is 0 Å². The minimum Gasteiger partial charge on any atom is -0.369 e. The normalized spacial score (nSPS) is 23.5. The fourth-order valence-electron chi connectivity index (χ4n) is 2.18. The lowest BCUT2D eigenvalue weighted by Crippen LogP contribution is -2.33. The molecule has 0 bridgehead atoms. The molecule has 0 aromatic heterocycles. The van der Waals surface area contributed by atoms with Gasteiger partial charge in [-0.05, 0) is 18.6 Å². The molecule has 1 aliphatic carbocycles. The lowest BCUT2D eigenvalue weighted by molar-refractivity contribution is -0.170. The first-order chi connectivity index (χ1) is 9.50. The summed E-state index contributed by atoms with van der Waals surface area (Å²) in [5, 5.41) is 0.434. The summed E-state index contributed by atoms with van der Waals surface area (Å²) in [7, 11) is 0. The minimum atomic E-state index is -0.789. The Morgan fingerprint density at radius 1 is 1.10 bits per heavy atom. The van der Waals surface area contributed by atoms with Gasteiger partial charge in [0.1, 0.15) is 0 Å². The van der Waals surface area contributed by atoms with Gasteiger partial charge in [0.2, 0.25) is 5.91 Å². The van der Waals surface area contributed by atoms with Crippen molar-refractivity contribution in [3.05, 3.63) is 35.4 Å². The van der Waals surface area contributed by atoms with Crippen LogP contribution in [-0.2, 0) is 14.4 Å². The number of hydrogen-bond donors (Lipinski definition) is 1. The fourth-order valence-corrected chi connectivity index (χ4v) is 2.18. The van der Waals surface area contributed by atoms with Crippen molar-refractivity contribution in [2.45, 2.75) is 6.42 Å². The molecule has 1 aliphatic heterocycles. The Morgan fingerprint density at radius 3 is 2.10 bits per heavy atom. The Labute approximate surface area is 113 Å². The minimum absolute atomic E-state index is 0.188. The van der Waals surface area contributed by atoms with Gasteiger partial charge in [0.15, 0.2) is 0 Å². The molecular formula is C13H10N2O5. The van der Waals surface area contributed by atoms with Crippen LogP contribution in [0.15, 0.2) is 24.3 Å². The topological polar surface area (TPSA) is 107 Å². The Bertz CT molecular complexity index is 619. The highest BCUT2D eigenvalue weighted by molar-refractivity contribution is 6.20. The molecule has 7 nitrogen and oxygen atoms in total. The molecule has 3 rings (SSSR count). The zero-order valence-corrected chi connectivity index (χ0v) is 10.2. The first kappa shape index (κ1) is 12.3. The summed E-state index contributed by atoms with van der Waals surface area (Å²) >= 11 is 0. The van der Waals surface area contributed by atoms with Gasteiger partial charge in [0.05, 0.1) is 23.0 Å². The third kappa shape index (κ3) is 1.75. The number of nitrogens with two attached hydrogens (primary N) is 1. The van der Waals surface area contributed by atoms with E-state index in [4.69, 9.17) is 10.6 Å². The molecule has 7 heteroatoms. The Balaban J connectivity index is 1.74. The third-order valence-corrected chi connectivity index (χ3v) is 3.40. The number of amides is 3. The quantitative estimate of drug-likeness (QED) is 0.772. The van der Waals surface area contributed by atoms with E-state index in [2.05, 4.69) is 0 Å². The van der Waals surface area contributed by atoms with Gasteiger partial charge in [-0.15, -0.1) is 0 Å². The highest BCUT2D eigenvalue weighted by Gasteiger charge is 2.50. The number of primary amides is 1. The maximum absolute atomic E-state index is 11.9. The molecule has 20 heavy (non-hydrogen) atoms. The van der Waals surface area contributed by atoms with Crippen LogP contribution in [0.4, 0.5) is 0 Å². The standard InChI is InChI=1S/C13H10N2O5/c14-10(16)8-5-9(8)13(19)20-15-11(17)6-3-1-2-4-7(6)12(15)18/h1-4,8-9H,5H2,(H2,14,16)/t8-,9+/m1/s1. The molecule has 0 unspecified atom stereocenters. The van der Waals surface area contributed by atoms with Gasteiger partial charge < -0.3 is 10.6 Å². The van der Waals surface area contributed by atoms with Crippen molar-refractivity contribution in [3.8, 4) is 0 Å². The van der Waals surface area contributed by atoms with Crippen molar-refractivity contribution in [1.82, 2.24) is 5.06 Å². The predicted molar refractivity (Wildman–Crippen MR) is 63.8 cm³/mol. The lowest BCUT2D eigenvalue weighted by Gasteiger charge is -2.12. The summed E-state index contributed by atoms with van der Waals surface area (Å²) in [6.07, 6.45) is 0.289. The van der Waals surface area contributed by atoms with Gasteiger partial charge in [-0.3, -0.25) is 14.4 Å². The molecule has 0 spiro atoms. The van der Waals surface area contributed by atoms with Gasteiger partial charge in [-0.1, -0.05) is 17.2 Å². The summed E-state index contributed by atoms with van der Waals surface area (Å²) < 4.78 is 0. The molecule has 1 fully saturated rings. The zero-order valence-electron chi connectivity index (χ0n) is 10.2. The molecule has 1 aromatic rings. The molecular weight excluding hydrogens is 264 g/mol. The SMILES string of the molecule is NC(=O)[C@@H]1C[C@@H]1C(=O)ON1C(=O)c2ccccc2C1=O. The average Bonchev–Trinajstić information content (AvgIpc) is 3.20. The Hall–Kier alpha value is -2.70. The number of fused-ring (bicyclic) bond motifs is 1. The van der Waals surface area contributed by atoms with E-state index in [1.54, 1.807) is 12.1 Å². The predicted octanol–water partition coefficient (Wildman–Crippen LogP) is -0.138. The molecule has 2 N–H and O–H groups in total. The van der Waals surface area contributed by atoms with Crippen molar-refractivity contribution in [3.63, 3.8) is 0 Å². The van der Waals surface area contributed by atoms with Crippen LogP contribution in [0.1, 0.15) is 27.1 Å².